The van der Waals surface area contributed by atoms with Crippen LogP contribution in [0.25, 0.3) is 5.95 Å². The van der Waals surface area contributed by atoms with Crippen LogP contribution in [0.3, 0.4) is 0 Å². The van der Waals surface area contributed by atoms with E-state index in [-0.39, 0.29) is 24.8 Å². The van der Waals surface area contributed by atoms with E-state index in [1.807, 2.05) is 18.3 Å². The Bertz CT molecular complexity index is 1680. The summed E-state index contributed by atoms with van der Waals surface area (Å²) in [5, 5.41) is 2.34. The van der Waals surface area contributed by atoms with Crippen LogP contribution in [0.15, 0.2) is 73.4 Å². The maximum Gasteiger partial charge on any atom is 0.255 e. The van der Waals surface area contributed by atoms with Crippen molar-refractivity contribution in [1.82, 2.24) is 34.6 Å². The minimum Gasteiger partial charge on any atom is -0.489 e. The first kappa shape index (κ1) is 27.7. The molecule has 0 aliphatic carbocycles. The molecule has 12 nitrogen and oxygen atoms in total. The minimum absolute atomic E-state index is 0.207. The number of benzene rings is 2. The van der Waals surface area contributed by atoms with Crippen LogP contribution >= 0.6 is 0 Å². The van der Waals surface area contributed by atoms with Gasteiger partial charge in [0.05, 0.1) is 6.54 Å². The summed E-state index contributed by atoms with van der Waals surface area (Å²) in [6.07, 6.45) is 7.59. The van der Waals surface area contributed by atoms with E-state index in [1.54, 1.807) is 40.3 Å². The molecule has 1 atom stereocenters. The number of rotatable bonds is 8. The number of nitrogens with zero attached hydrogens (tertiary/aromatic N) is 7. The number of carbonyl (C=O) groups excluding carboxylic acids is 3. The molecule has 0 unspecified atom stereocenters. The van der Waals surface area contributed by atoms with Crippen LogP contribution in [-0.4, -0.2) is 79.3 Å². The van der Waals surface area contributed by atoms with Crippen LogP contribution in [0.1, 0.15) is 39.9 Å². The third kappa shape index (κ3) is 5.63. The van der Waals surface area contributed by atoms with E-state index in [0.717, 1.165) is 49.7 Å². The molecule has 0 radical (unpaired) electrons. The maximum atomic E-state index is 13.1. The number of fused-ring (bicyclic) bond motifs is 1. The van der Waals surface area contributed by atoms with Crippen LogP contribution in [-0.2, 0) is 29.3 Å². The van der Waals surface area contributed by atoms with Crippen LogP contribution in [0.5, 0.6) is 5.75 Å². The quantitative estimate of drug-likeness (QED) is 0.307. The number of ether oxygens (including phenoxy) is 1. The van der Waals surface area contributed by atoms with Gasteiger partial charge in [0.1, 0.15) is 30.5 Å². The molecule has 7 rings (SSSR count). The van der Waals surface area contributed by atoms with Gasteiger partial charge in [0.25, 0.3) is 5.91 Å². The highest BCUT2D eigenvalue weighted by atomic mass is 16.5. The number of nitrogens with one attached hydrogen (secondary N) is 1. The average Bonchev–Trinajstić information content (AvgIpc) is 3.70. The number of hydrogen-bond acceptors (Lipinski definition) is 9. The molecule has 3 aliphatic rings. The number of imidazole rings is 1. The number of piperazine rings is 1. The molecule has 2 saturated heterocycles. The van der Waals surface area contributed by atoms with Gasteiger partial charge in [-0.1, -0.05) is 30.3 Å². The number of aromatic nitrogens is 4. The van der Waals surface area contributed by atoms with Gasteiger partial charge in [-0.25, -0.2) is 9.97 Å². The fourth-order valence-corrected chi connectivity index (χ4v) is 6.00. The largest absolute Gasteiger partial charge is 0.489 e. The third-order valence-corrected chi connectivity index (χ3v) is 8.42. The van der Waals surface area contributed by atoms with Crippen molar-refractivity contribution in [3.05, 3.63) is 95.7 Å². The Labute approximate surface area is 254 Å². The summed E-state index contributed by atoms with van der Waals surface area (Å²) in [5.74, 6) is 1.25. The number of carbonyl (C=O) groups is 3. The molecule has 1 N–H and O–H groups in total. The van der Waals surface area contributed by atoms with Crippen LogP contribution in [0.4, 0.5) is 5.82 Å². The lowest BCUT2D eigenvalue weighted by molar-refractivity contribution is -0.136. The van der Waals surface area contributed by atoms with E-state index in [0.29, 0.717) is 30.3 Å². The van der Waals surface area contributed by atoms with Gasteiger partial charge in [-0.05, 0) is 35.7 Å². The highest BCUT2D eigenvalue weighted by Gasteiger charge is 2.40. The number of anilines is 1. The van der Waals surface area contributed by atoms with Gasteiger partial charge in [0.15, 0.2) is 0 Å². The highest BCUT2D eigenvalue weighted by Crippen LogP contribution is 2.34. The zero-order chi connectivity index (χ0) is 30.0. The van der Waals surface area contributed by atoms with Crippen LogP contribution in [0.2, 0.25) is 0 Å². The SMILES string of the molecule is O=C1CC[C@H](N2Cc3c(OCc4ccc(CN5CCN(c6ccnc(-n7ccnc7)n6)CC5)cc4)cccc3C2=O)C(=O)N1. The second-order valence-corrected chi connectivity index (χ2v) is 11.2. The summed E-state index contributed by atoms with van der Waals surface area (Å²) < 4.78 is 7.98. The molecule has 2 fully saturated rings. The Morgan fingerprint density at radius 1 is 0.932 bits per heavy atom. The summed E-state index contributed by atoms with van der Waals surface area (Å²) >= 11 is 0. The van der Waals surface area contributed by atoms with Gasteiger partial charge in [0.2, 0.25) is 17.8 Å². The van der Waals surface area contributed by atoms with E-state index in [1.165, 1.54) is 5.56 Å². The van der Waals surface area contributed by atoms with Crippen molar-refractivity contribution >= 4 is 23.5 Å². The second kappa shape index (κ2) is 11.9. The summed E-state index contributed by atoms with van der Waals surface area (Å²) in [5.41, 5.74) is 3.58. The number of hydrogen-bond donors (Lipinski definition) is 1. The van der Waals surface area contributed by atoms with Crippen molar-refractivity contribution in [1.29, 1.82) is 0 Å². The first-order valence-corrected chi connectivity index (χ1v) is 14.8. The molecule has 4 aromatic rings. The Kier molecular flexibility index (Phi) is 7.49. The Hall–Kier alpha value is -5.10. The van der Waals surface area contributed by atoms with Crippen molar-refractivity contribution in [3.63, 3.8) is 0 Å². The molecule has 44 heavy (non-hydrogen) atoms. The molecule has 3 amide bonds. The molecule has 5 heterocycles. The minimum atomic E-state index is -0.649. The van der Waals surface area contributed by atoms with Crippen molar-refractivity contribution in [2.75, 3.05) is 31.1 Å². The van der Waals surface area contributed by atoms with Crippen molar-refractivity contribution < 1.29 is 19.1 Å². The molecule has 2 aromatic heterocycles. The first-order chi connectivity index (χ1) is 21.5. The average molecular weight is 593 g/mol. The van der Waals surface area contributed by atoms with Crippen molar-refractivity contribution in [2.45, 2.75) is 38.6 Å². The van der Waals surface area contributed by atoms with E-state index >= 15 is 0 Å². The highest BCUT2D eigenvalue weighted by molar-refractivity contribution is 6.05. The molecule has 224 valence electrons. The van der Waals surface area contributed by atoms with E-state index in [2.05, 4.69) is 49.4 Å². The van der Waals surface area contributed by atoms with Gasteiger partial charge in [-0.3, -0.25) is 29.2 Å². The number of piperidine rings is 1. The molecule has 3 aliphatic heterocycles. The van der Waals surface area contributed by atoms with Gasteiger partial charge < -0.3 is 14.5 Å². The number of imide groups is 1. The summed E-state index contributed by atoms with van der Waals surface area (Å²) in [7, 11) is 0. The molecule has 2 aromatic carbocycles. The number of amides is 3. The monoisotopic (exact) mass is 592 g/mol. The lowest BCUT2D eigenvalue weighted by atomic mass is 10.0. The maximum absolute atomic E-state index is 13.1. The van der Waals surface area contributed by atoms with Gasteiger partial charge in [-0.15, -0.1) is 0 Å². The van der Waals surface area contributed by atoms with Gasteiger partial charge in [0, 0.05) is 68.9 Å². The van der Waals surface area contributed by atoms with Gasteiger partial charge in [-0.2, -0.15) is 4.98 Å². The van der Waals surface area contributed by atoms with Gasteiger partial charge >= 0.3 is 0 Å². The van der Waals surface area contributed by atoms with Crippen molar-refractivity contribution in [2.24, 2.45) is 0 Å². The summed E-state index contributed by atoms with van der Waals surface area (Å²) in [6, 6.07) is 15.1. The topological polar surface area (TPSA) is 126 Å². The smallest absolute Gasteiger partial charge is 0.255 e. The zero-order valence-electron chi connectivity index (χ0n) is 24.1. The Balaban J connectivity index is 0.922. The molecular weight excluding hydrogens is 560 g/mol. The summed E-state index contributed by atoms with van der Waals surface area (Å²) in [4.78, 5) is 56.5. The lowest BCUT2D eigenvalue weighted by Gasteiger charge is -2.35. The fourth-order valence-electron chi connectivity index (χ4n) is 6.00. The zero-order valence-corrected chi connectivity index (χ0v) is 24.1. The second-order valence-electron chi connectivity index (χ2n) is 11.2. The third-order valence-electron chi connectivity index (χ3n) is 8.42. The van der Waals surface area contributed by atoms with Crippen LogP contribution < -0.4 is 15.0 Å². The Morgan fingerprint density at radius 2 is 1.75 bits per heavy atom. The van der Waals surface area contributed by atoms with E-state index in [4.69, 9.17) is 9.72 Å². The molecule has 0 spiro atoms. The normalized spacial score (nSPS) is 18.8. The van der Waals surface area contributed by atoms with Crippen LogP contribution in [0, 0.1) is 0 Å². The Morgan fingerprint density at radius 3 is 2.52 bits per heavy atom. The molecule has 0 saturated carbocycles. The standard InChI is InChI=1S/C32H32N8O4/c41-29-9-8-26(30(42)36-29)40-19-25-24(31(40)43)2-1-3-27(25)44-20-23-6-4-22(5-7-23)18-37-14-16-38(17-15-37)28-10-11-34-32(35-28)39-13-12-33-21-39/h1-7,10-13,21,26H,8-9,14-20H2,(H,36,41,42)/t26-/m0/s1. The first-order valence-electron chi connectivity index (χ1n) is 14.8. The van der Waals surface area contributed by atoms with Crippen molar-refractivity contribution in [3.8, 4) is 11.7 Å². The van der Waals surface area contributed by atoms with E-state index < -0.39 is 11.9 Å². The fraction of sp³-hybridized carbons (Fsp3) is 0.312. The summed E-state index contributed by atoms with van der Waals surface area (Å²) in [6.45, 7) is 5.15. The molecular formula is C32H32N8O4. The predicted molar refractivity (Wildman–Crippen MR) is 160 cm³/mol. The lowest BCUT2D eigenvalue weighted by Crippen LogP contribution is -2.52. The molecule has 0 bridgehead atoms. The van der Waals surface area contributed by atoms with E-state index in [9.17, 15) is 14.4 Å². The predicted octanol–water partition coefficient (Wildman–Crippen LogP) is 2.32. The molecule has 12 heteroatoms.